The molecule has 0 aliphatic heterocycles. The van der Waals surface area contributed by atoms with Crippen molar-refractivity contribution in [3.63, 3.8) is 0 Å². The van der Waals surface area contributed by atoms with Gasteiger partial charge in [0.2, 0.25) is 0 Å². The lowest BCUT2D eigenvalue weighted by molar-refractivity contribution is 0.0947. The predicted molar refractivity (Wildman–Crippen MR) is 116 cm³/mol. The highest BCUT2D eigenvalue weighted by Gasteiger charge is 2.19. The molecule has 31 heavy (non-hydrogen) atoms. The molecule has 7 nitrogen and oxygen atoms in total. The van der Waals surface area contributed by atoms with E-state index in [1.165, 1.54) is 42.1 Å². The Morgan fingerprint density at radius 3 is 2.61 bits per heavy atom. The second-order valence-electron chi connectivity index (χ2n) is 6.55. The number of benzene rings is 2. The molecule has 3 aromatic rings. The fraction of sp³-hybridized carbons (Fsp3) is 0.190. The SMILES string of the molecule is COCCn1cc(C(=O)NCc2ccc(F)cc2Cl)c(=O)n(-c2cccc(Cl)c2)c1=O. The van der Waals surface area contributed by atoms with Crippen LogP contribution in [0.3, 0.4) is 0 Å². The van der Waals surface area contributed by atoms with Gasteiger partial charge in [0.25, 0.3) is 11.5 Å². The van der Waals surface area contributed by atoms with Gasteiger partial charge in [0, 0.05) is 29.9 Å². The molecule has 0 aliphatic rings. The van der Waals surface area contributed by atoms with E-state index < -0.39 is 23.0 Å². The number of methoxy groups -OCH3 is 1. The molecule has 0 bridgehead atoms. The molecule has 10 heteroatoms. The lowest BCUT2D eigenvalue weighted by atomic mass is 10.2. The fourth-order valence-electron chi connectivity index (χ4n) is 2.89. The summed E-state index contributed by atoms with van der Waals surface area (Å²) < 4.78 is 20.3. The molecule has 0 unspecified atom stereocenters. The molecule has 0 atom stereocenters. The smallest absolute Gasteiger partial charge is 0.335 e. The fourth-order valence-corrected chi connectivity index (χ4v) is 3.30. The Bertz CT molecular complexity index is 1240. The average Bonchev–Trinajstić information content (AvgIpc) is 2.72. The zero-order chi connectivity index (χ0) is 22.5. The van der Waals surface area contributed by atoms with Crippen LogP contribution in [0.5, 0.6) is 0 Å². The van der Waals surface area contributed by atoms with E-state index in [4.69, 9.17) is 27.9 Å². The number of carbonyl (C=O) groups excluding carboxylic acids is 1. The highest BCUT2D eigenvalue weighted by molar-refractivity contribution is 6.31. The number of halogens is 3. The number of carbonyl (C=O) groups is 1. The normalized spacial score (nSPS) is 10.8. The quantitative estimate of drug-likeness (QED) is 0.581. The topological polar surface area (TPSA) is 82.3 Å². The van der Waals surface area contributed by atoms with Gasteiger partial charge in [-0.15, -0.1) is 0 Å². The Labute approximate surface area is 186 Å². The number of ether oxygens (including phenoxy) is 1. The van der Waals surface area contributed by atoms with E-state index >= 15 is 0 Å². The minimum atomic E-state index is -0.802. The van der Waals surface area contributed by atoms with Gasteiger partial charge in [-0.25, -0.2) is 13.8 Å². The molecule has 162 valence electrons. The van der Waals surface area contributed by atoms with Gasteiger partial charge in [-0.05, 0) is 35.9 Å². The molecule has 1 amide bonds. The largest absolute Gasteiger partial charge is 0.383 e. The second kappa shape index (κ2) is 9.91. The number of amides is 1. The van der Waals surface area contributed by atoms with Crippen molar-refractivity contribution in [1.29, 1.82) is 0 Å². The minimum absolute atomic E-state index is 0.0360. The van der Waals surface area contributed by atoms with Gasteiger partial charge in [-0.3, -0.25) is 14.2 Å². The summed E-state index contributed by atoms with van der Waals surface area (Å²) in [7, 11) is 1.47. The molecule has 0 spiro atoms. The maximum atomic E-state index is 13.2. The van der Waals surface area contributed by atoms with Crippen molar-refractivity contribution in [1.82, 2.24) is 14.5 Å². The van der Waals surface area contributed by atoms with Crippen LogP contribution < -0.4 is 16.6 Å². The van der Waals surface area contributed by atoms with E-state index in [0.717, 1.165) is 10.6 Å². The first-order valence-electron chi connectivity index (χ1n) is 9.15. The van der Waals surface area contributed by atoms with Crippen LogP contribution in [0.15, 0.2) is 58.3 Å². The molecule has 1 N–H and O–H groups in total. The van der Waals surface area contributed by atoms with E-state index in [1.807, 2.05) is 0 Å². The lowest BCUT2D eigenvalue weighted by Crippen LogP contribution is -2.43. The van der Waals surface area contributed by atoms with Gasteiger partial charge in [0.05, 0.1) is 18.8 Å². The summed E-state index contributed by atoms with van der Waals surface area (Å²) in [6, 6.07) is 9.95. The Morgan fingerprint density at radius 1 is 1.16 bits per heavy atom. The Balaban J connectivity index is 2.02. The van der Waals surface area contributed by atoms with Crippen LogP contribution in [0.25, 0.3) is 5.69 Å². The monoisotopic (exact) mass is 465 g/mol. The predicted octanol–water partition coefficient (Wildman–Crippen LogP) is 3.02. The van der Waals surface area contributed by atoms with E-state index in [9.17, 15) is 18.8 Å². The van der Waals surface area contributed by atoms with E-state index in [2.05, 4.69) is 5.32 Å². The zero-order valence-corrected chi connectivity index (χ0v) is 17.9. The first-order chi connectivity index (χ1) is 14.8. The van der Waals surface area contributed by atoms with Crippen LogP contribution >= 0.6 is 23.2 Å². The Hall–Kier alpha value is -2.94. The van der Waals surface area contributed by atoms with E-state index in [0.29, 0.717) is 10.6 Å². The molecule has 0 fully saturated rings. The van der Waals surface area contributed by atoms with Crippen molar-refractivity contribution in [2.24, 2.45) is 0 Å². The third kappa shape index (κ3) is 5.22. The van der Waals surface area contributed by atoms with Gasteiger partial charge in [-0.1, -0.05) is 35.3 Å². The molecule has 3 rings (SSSR count). The number of aromatic nitrogens is 2. The van der Waals surface area contributed by atoms with E-state index in [-0.39, 0.29) is 36.0 Å². The second-order valence-corrected chi connectivity index (χ2v) is 7.39. The lowest BCUT2D eigenvalue weighted by Gasteiger charge is -2.13. The van der Waals surface area contributed by atoms with Crippen LogP contribution in [0.2, 0.25) is 10.0 Å². The number of nitrogens with zero attached hydrogens (tertiary/aromatic N) is 2. The molecule has 0 saturated carbocycles. The summed E-state index contributed by atoms with van der Waals surface area (Å²) in [5, 5.41) is 3.04. The molecule has 0 saturated heterocycles. The van der Waals surface area contributed by atoms with Crippen LogP contribution in [0, 0.1) is 5.82 Å². The first kappa shape index (κ1) is 22.7. The molecule has 1 heterocycles. The Morgan fingerprint density at radius 2 is 1.94 bits per heavy atom. The molecule has 1 aromatic heterocycles. The third-order valence-electron chi connectivity index (χ3n) is 4.46. The number of hydrogen-bond acceptors (Lipinski definition) is 4. The Kier molecular flexibility index (Phi) is 7.27. The maximum Gasteiger partial charge on any atom is 0.335 e. The summed E-state index contributed by atoms with van der Waals surface area (Å²) in [6.45, 7) is 0.284. The summed E-state index contributed by atoms with van der Waals surface area (Å²) in [5.41, 5.74) is -0.996. The summed E-state index contributed by atoms with van der Waals surface area (Å²) in [4.78, 5) is 38.7. The van der Waals surface area contributed by atoms with Crippen molar-refractivity contribution in [3.8, 4) is 5.69 Å². The molecular weight excluding hydrogens is 448 g/mol. The van der Waals surface area contributed by atoms with Crippen LogP contribution in [0.4, 0.5) is 4.39 Å². The van der Waals surface area contributed by atoms with Crippen LogP contribution in [-0.4, -0.2) is 28.8 Å². The highest BCUT2D eigenvalue weighted by atomic mass is 35.5. The number of nitrogens with one attached hydrogen (secondary N) is 1. The van der Waals surface area contributed by atoms with Gasteiger partial charge in [0.1, 0.15) is 11.4 Å². The van der Waals surface area contributed by atoms with Gasteiger partial charge in [0.15, 0.2) is 0 Å². The van der Waals surface area contributed by atoms with Crippen molar-refractivity contribution >= 4 is 29.1 Å². The summed E-state index contributed by atoms with van der Waals surface area (Å²) in [6.07, 6.45) is 1.19. The third-order valence-corrected chi connectivity index (χ3v) is 5.04. The summed E-state index contributed by atoms with van der Waals surface area (Å²) >= 11 is 12.0. The maximum absolute atomic E-state index is 13.2. The van der Waals surface area contributed by atoms with Crippen molar-refractivity contribution in [2.75, 3.05) is 13.7 Å². The van der Waals surface area contributed by atoms with Gasteiger partial charge in [-0.2, -0.15) is 0 Å². The van der Waals surface area contributed by atoms with Gasteiger partial charge < -0.3 is 10.1 Å². The summed E-state index contributed by atoms with van der Waals surface area (Å²) in [5.74, 6) is -1.22. The van der Waals surface area contributed by atoms with Crippen LogP contribution in [-0.2, 0) is 17.8 Å². The molecule has 0 aliphatic carbocycles. The zero-order valence-electron chi connectivity index (χ0n) is 16.4. The van der Waals surface area contributed by atoms with E-state index in [1.54, 1.807) is 12.1 Å². The van der Waals surface area contributed by atoms with Crippen LogP contribution in [0.1, 0.15) is 15.9 Å². The standard InChI is InChI=1S/C21H18Cl2FN3O4/c1-31-8-7-26-12-17(19(28)25-11-13-5-6-15(24)10-18(13)23)20(29)27(21(26)30)16-4-2-3-14(22)9-16/h2-6,9-10,12H,7-8,11H2,1H3,(H,25,28). The van der Waals surface area contributed by atoms with Crippen molar-refractivity contribution in [2.45, 2.75) is 13.1 Å². The van der Waals surface area contributed by atoms with Gasteiger partial charge >= 0.3 is 5.69 Å². The number of rotatable bonds is 7. The molecule has 0 radical (unpaired) electrons. The van der Waals surface area contributed by atoms with Crippen molar-refractivity contribution < 1.29 is 13.9 Å². The minimum Gasteiger partial charge on any atom is -0.383 e. The highest BCUT2D eigenvalue weighted by Crippen LogP contribution is 2.17. The molecular formula is C21H18Cl2FN3O4. The first-order valence-corrected chi connectivity index (χ1v) is 9.91. The molecule has 2 aromatic carbocycles. The number of hydrogen-bond donors (Lipinski definition) is 1. The van der Waals surface area contributed by atoms with Crippen molar-refractivity contribution in [3.05, 3.63) is 96.5 Å². The average molecular weight is 466 g/mol.